The first-order valence-electron chi connectivity index (χ1n) is 6.59. The minimum Gasteiger partial charge on any atom is -0.396 e. The third-order valence-electron chi connectivity index (χ3n) is 3.88. The van der Waals surface area contributed by atoms with E-state index in [2.05, 4.69) is 15.1 Å². The minimum absolute atomic E-state index is 0.220. The van der Waals surface area contributed by atoms with E-state index in [9.17, 15) is 0 Å². The Labute approximate surface area is 108 Å². The molecule has 1 atom stereocenters. The van der Waals surface area contributed by atoms with Gasteiger partial charge in [0, 0.05) is 31.3 Å². The molecule has 0 radical (unpaired) electrons. The van der Waals surface area contributed by atoms with Crippen LogP contribution in [0, 0.1) is 13.8 Å². The minimum atomic E-state index is 0.220. The summed E-state index contributed by atoms with van der Waals surface area (Å²) in [5.41, 5.74) is 9.03. The van der Waals surface area contributed by atoms with Crippen molar-refractivity contribution in [3.05, 3.63) is 16.8 Å². The Morgan fingerprint density at radius 3 is 2.83 bits per heavy atom. The average molecular weight is 250 g/mol. The number of hydrogen-bond acceptors (Lipinski definition) is 5. The first-order chi connectivity index (χ1) is 8.69. The number of aromatic nitrogens is 2. The van der Waals surface area contributed by atoms with Gasteiger partial charge in [-0.25, -0.2) is 0 Å². The molecule has 0 saturated carbocycles. The molecule has 1 aliphatic rings. The van der Waals surface area contributed by atoms with Gasteiger partial charge in [0.05, 0.1) is 5.69 Å². The molecule has 0 aliphatic carbocycles. The van der Waals surface area contributed by atoms with Gasteiger partial charge in [-0.15, -0.1) is 5.10 Å². The molecule has 3 N–H and O–H groups in total. The van der Waals surface area contributed by atoms with E-state index in [-0.39, 0.29) is 6.61 Å². The van der Waals surface area contributed by atoms with E-state index in [0.29, 0.717) is 12.6 Å². The highest BCUT2D eigenvalue weighted by Gasteiger charge is 2.27. The summed E-state index contributed by atoms with van der Waals surface area (Å²) < 4.78 is 0. The quantitative estimate of drug-likeness (QED) is 0.830. The number of rotatable bonds is 4. The Morgan fingerprint density at radius 2 is 2.17 bits per heavy atom. The number of aryl methyl sites for hydroxylation is 1. The number of nitrogens with zero attached hydrogens (tertiary/aromatic N) is 3. The molecule has 5 heteroatoms. The summed E-state index contributed by atoms with van der Waals surface area (Å²) >= 11 is 0. The molecule has 18 heavy (non-hydrogen) atoms. The highest BCUT2D eigenvalue weighted by molar-refractivity contribution is 5.52. The zero-order chi connectivity index (χ0) is 13.1. The van der Waals surface area contributed by atoms with Crippen LogP contribution in [0.25, 0.3) is 0 Å². The SMILES string of the molecule is Cc1nnc(N2CCCC2CCO)c(CN)c1C. The maximum atomic E-state index is 9.13. The van der Waals surface area contributed by atoms with E-state index in [1.54, 1.807) is 0 Å². The molecule has 0 bridgehead atoms. The Hall–Kier alpha value is -1.20. The van der Waals surface area contributed by atoms with E-state index in [1.165, 1.54) is 0 Å². The average Bonchev–Trinajstić information content (AvgIpc) is 2.81. The molecule has 1 fully saturated rings. The van der Waals surface area contributed by atoms with Crippen molar-refractivity contribution < 1.29 is 5.11 Å². The number of nitrogens with two attached hydrogens (primary N) is 1. The molecule has 5 nitrogen and oxygen atoms in total. The van der Waals surface area contributed by atoms with Crippen molar-refractivity contribution in [1.29, 1.82) is 0 Å². The summed E-state index contributed by atoms with van der Waals surface area (Å²) in [6, 6.07) is 0.372. The van der Waals surface area contributed by atoms with Gasteiger partial charge < -0.3 is 15.7 Å². The summed E-state index contributed by atoms with van der Waals surface area (Å²) in [6.45, 7) is 5.69. The molecule has 1 aromatic heterocycles. The Morgan fingerprint density at radius 1 is 1.39 bits per heavy atom. The van der Waals surface area contributed by atoms with E-state index >= 15 is 0 Å². The maximum absolute atomic E-state index is 9.13. The predicted molar refractivity (Wildman–Crippen MR) is 71.5 cm³/mol. The summed E-state index contributed by atoms with van der Waals surface area (Å²) in [4.78, 5) is 2.26. The van der Waals surface area contributed by atoms with Crippen LogP contribution < -0.4 is 10.6 Å². The lowest BCUT2D eigenvalue weighted by Crippen LogP contribution is -2.32. The normalized spacial score (nSPS) is 19.6. The summed E-state index contributed by atoms with van der Waals surface area (Å²) in [5, 5.41) is 17.7. The zero-order valence-electron chi connectivity index (χ0n) is 11.2. The smallest absolute Gasteiger partial charge is 0.156 e. The van der Waals surface area contributed by atoms with Crippen molar-refractivity contribution in [1.82, 2.24) is 10.2 Å². The standard InChI is InChI=1S/C13H22N4O/c1-9-10(2)15-16-13(12(9)8-14)17-6-3-4-11(17)5-7-18/h11,18H,3-8,14H2,1-2H3. The van der Waals surface area contributed by atoms with Crippen LogP contribution in [-0.4, -0.2) is 34.5 Å². The second-order valence-corrected chi connectivity index (χ2v) is 4.92. The predicted octanol–water partition coefficient (Wildman–Crippen LogP) is 0.903. The number of aliphatic hydroxyl groups excluding tert-OH is 1. The Bertz CT molecular complexity index is 422. The van der Waals surface area contributed by atoms with Crippen molar-refractivity contribution in [2.45, 2.75) is 45.7 Å². The zero-order valence-corrected chi connectivity index (χ0v) is 11.2. The van der Waals surface area contributed by atoms with E-state index in [0.717, 1.165) is 48.4 Å². The van der Waals surface area contributed by atoms with Crippen molar-refractivity contribution in [2.75, 3.05) is 18.1 Å². The highest BCUT2D eigenvalue weighted by Crippen LogP contribution is 2.29. The van der Waals surface area contributed by atoms with Gasteiger partial charge in [0.2, 0.25) is 0 Å². The van der Waals surface area contributed by atoms with Crippen molar-refractivity contribution in [3.8, 4) is 0 Å². The monoisotopic (exact) mass is 250 g/mol. The molecular formula is C13H22N4O. The molecule has 0 aromatic carbocycles. The van der Waals surface area contributed by atoms with Gasteiger partial charge in [-0.05, 0) is 38.7 Å². The molecule has 1 unspecified atom stereocenters. The lowest BCUT2D eigenvalue weighted by atomic mass is 10.1. The molecule has 1 aromatic rings. The highest BCUT2D eigenvalue weighted by atomic mass is 16.3. The van der Waals surface area contributed by atoms with E-state index in [4.69, 9.17) is 10.8 Å². The lowest BCUT2D eigenvalue weighted by molar-refractivity contribution is 0.275. The summed E-state index contributed by atoms with van der Waals surface area (Å²) in [6.07, 6.45) is 3.04. The van der Waals surface area contributed by atoms with Gasteiger partial charge in [-0.1, -0.05) is 0 Å². The molecule has 0 spiro atoms. The number of anilines is 1. The third kappa shape index (κ3) is 2.33. The van der Waals surface area contributed by atoms with Crippen LogP contribution in [0.15, 0.2) is 0 Å². The lowest BCUT2D eigenvalue weighted by Gasteiger charge is -2.27. The fourth-order valence-electron chi connectivity index (χ4n) is 2.68. The molecule has 0 amide bonds. The Balaban J connectivity index is 2.35. The third-order valence-corrected chi connectivity index (χ3v) is 3.88. The van der Waals surface area contributed by atoms with Gasteiger partial charge in [0.1, 0.15) is 0 Å². The first-order valence-corrected chi connectivity index (χ1v) is 6.59. The van der Waals surface area contributed by atoms with Crippen molar-refractivity contribution in [3.63, 3.8) is 0 Å². The number of hydrogen-bond donors (Lipinski definition) is 2. The van der Waals surface area contributed by atoms with Crippen LogP contribution in [-0.2, 0) is 6.54 Å². The molecule has 1 aliphatic heterocycles. The van der Waals surface area contributed by atoms with Crippen LogP contribution in [0.5, 0.6) is 0 Å². The van der Waals surface area contributed by atoms with E-state index in [1.807, 2.05) is 13.8 Å². The molecular weight excluding hydrogens is 228 g/mol. The molecule has 2 rings (SSSR count). The van der Waals surface area contributed by atoms with Crippen molar-refractivity contribution in [2.24, 2.45) is 5.73 Å². The molecule has 1 saturated heterocycles. The largest absolute Gasteiger partial charge is 0.396 e. The first kappa shape index (κ1) is 13.2. The number of aliphatic hydroxyl groups is 1. The van der Waals surface area contributed by atoms with Crippen LogP contribution in [0.3, 0.4) is 0 Å². The van der Waals surface area contributed by atoms with E-state index < -0.39 is 0 Å². The van der Waals surface area contributed by atoms with Gasteiger partial charge in [-0.3, -0.25) is 0 Å². The second kappa shape index (κ2) is 5.63. The maximum Gasteiger partial charge on any atom is 0.156 e. The fraction of sp³-hybridized carbons (Fsp3) is 0.692. The fourth-order valence-corrected chi connectivity index (χ4v) is 2.68. The van der Waals surface area contributed by atoms with Crippen LogP contribution in [0.1, 0.15) is 36.1 Å². The van der Waals surface area contributed by atoms with Crippen LogP contribution in [0.4, 0.5) is 5.82 Å². The van der Waals surface area contributed by atoms with Gasteiger partial charge in [0.25, 0.3) is 0 Å². The Kier molecular flexibility index (Phi) is 4.14. The topological polar surface area (TPSA) is 75.3 Å². The van der Waals surface area contributed by atoms with Crippen molar-refractivity contribution >= 4 is 5.82 Å². The van der Waals surface area contributed by atoms with Gasteiger partial charge in [0.15, 0.2) is 5.82 Å². The van der Waals surface area contributed by atoms with Gasteiger partial charge in [-0.2, -0.15) is 5.10 Å². The summed E-state index contributed by atoms with van der Waals surface area (Å²) in [5.74, 6) is 0.913. The van der Waals surface area contributed by atoms with Crippen LogP contribution in [0.2, 0.25) is 0 Å². The summed E-state index contributed by atoms with van der Waals surface area (Å²) in [7, 11) is 0. The molecule has 100 valence electrons. The second-order valence-electron chi connectivity index (χ2n) is 4.92. The van der Waals surface area contributed by atoms with Gasteiger partial charge >= 0.3 is 0 Å². The molecule has 2 heterocycles. The van der Waals surface area contributed by atoms with Crippen LogP contribution >= 0.6 is 0 Å².